The first kappa shape index (κ1) is 22.3. The number of carbonyl (C=O) groups excluding carboxylic acids is 2. The predicted octanol–water partition coefficient (Wildman–Crippen LogP) is 5.03. The minimum Gasteiger partial charge on any atom is -0.495 e. The number of Topliss-reactive ketones (excluding diaryl/α,β-unsaturated/α-hetero) is 1. The van der Waals surface area contributed by atoms with Crippen LogP contribution in [0.3, 0.4) is 0 Å². The molecule has 1 saturated heterocycles. The maximum atomic E-state index is 13.4. The van der Waals surface area contributed by atoms with E-state index in [0.29, 0.717) is 52.4 Å². The van der Waals surface area contributed by atoms with Crippen molar-refractivity contribution in [3.63, 3.8) is 0 Å². The number of rotatable bonds is 2. The summed E-state index contributed by atoms with van der Waals surface area (Å²) in [5.74, 6) is 0.515. The fraction of sp³-hybridized carbons (Fsp3) is 0.500. The Balaban J connectivity index is 1.37. The fourth-order valence-corrected chi connectivity index (χ4v) is 6.51. The van der Waals surface area contributed by atoms with Gasteiger partial charge in [0, 0.05) is 35.2 Å². The molecule has 5 rings (SSSR count). The number of aromatic amines is 1. The smallest absolute Gasteiger partial charge is 0.256 e. The topological polar surface area (TPSA) is 88.2 Å². The van der Waals surface area contributed by atoms with E-state index >= 15 is 0 Å². The number of ketones is 1. The number of fused-ring (bicyclic) bond motifs is 2. The highest BCUT2D eigenvalue weighted by Crippen LogP contribution is 2.46. The molecule has 7 nitrogen and oxygen atoms in total. The zero-order chi connectivity index (χ0) is 23.5. The van der Waals surface area contributed by atoms with Crippen LogP contribution in [-0.2, 0) is 11.8 Å². The molecule has 1 aliphatic carbocycles. The monoisotopic (exact) mass is 486 g/mol. The summed E-state index contributed by atoms with van der Waals surface area (Å²) in [4.78, 5) is 34.1. The summed E-state index contributed by atoms with van der Waals surface area (Å²) in [5.41, 5.74) is 1.62. The van der Waals surface area contributed by atoms with Crippen LogP contribution >= 0.6 is 22.9 Å². The van der Waals surface area contributed by atoms with E-state index in [9.17, 15) is 9.59 Å². The van der Waals surface area contributed by atoms with Gasteiger partial charge in [-0.1, -0.05) is 32.4 Å². The van der Waals surface area contributed by atoms with E-state index in [-0.39, 0.29) is 22.5 Å². The van der Waals surface area contributed by atoms with Gasteiger partial charge in [0.2, 0.25) is 0 Å². The summed E-state index contributed by atoms with van der Waals surface area (Å²) in [6.07, 6.45) is 4.57. The number of nitrogens with zero attached hydrogens (tertiary/aromatic N) is 3. The molecular formula is C24H27ClN4O3S. The van der Waals surface area contributed by atoms with Gasteiger partial charge in [0.15, 0.2) is 5.78 Å². The maximum absolute atomic E-state index is 13.4. The zero-order valence-electron chi connectivity index (χ0n) is 19.2. The Morgan fingerprint density at radius 2 is 2.00 bits per heavy atom. The summed E-state index contributed by atoms with van der Waals surface area (Å²) >= 11 is 8.06. The van der Waals surface area contributed by atoms with Crippen molar-refractivity contribution >= 4 is 45.5 Å². The van der Waals surface area contributed by atoms with Crippen molar-refractivity contribution in [1.82, 2.24) is 20.1 Å². The van der Waals surface area contributed by atoms with Crippen LogP contribution in [-0.4, -0.2) is 52.0 Å². The van der Waals surface area contributed by atoms with Crippen molar-refractivity contribution in [3.05, 3.63) is 38.4 Å². The summed E-state index contributed by atoms with van der Waals surface area (Å²) in [7, 11) is 1.53. The van der Waals surface area contributed by atoms with E-state index in [1.54, 1.807) is 23.6 Å². The van der Waals surface area contributed by atoms with Crippen molar-refractivity contribution in [1.29, 1.82) is 0 Å². The first-order chi connectivity index (χ1) is 15.6. The predicted molar refractivity (Wildman–Crippen MR) is 129 cm³/mol. The number of carbonyl (C=O) groups is 2. The third kappa shape index (κ3) is 3.73. The van der Waals surface area contributed by atoms with Crippen LogP contribution in [0.15, 0.2) is 12.3 Å². The minimum absolute atomic E-state index is 0.0666. The molecular weight excluding hydrogens is 460 g/mol. The van der Waals surface area contributed by atoms with Crippen molar-refractivity contribution in [2.75, 3.05) is 20.2 Å². The number of piperidine rings is 1. The highest BCUT2D eigenvalue weighted by atomic mass is 35.5. The molecule has 1 aromatic carbocycles. The van der Waals surface area contributed by atoms with Gasteiger partial charge in [-0.05, 0) is 30.7 Å². The number of benzene rings is 1. The molecule has 174 valence electrons. The Morgan fingerprint density at radius 3 is 2.67 bits per heavy atom. The molecule has 2 aliphatic rings. The number of hydrogen-bond acceptors (Lipinski definition) is 6. The van der Waals surface area contributed by atoms with Crippen LogP contribution in [0.1, 0.15) is 70.8 Å². The lowest BCUT2D eigenvalue weighted by Crippen LogP contribution is -2.46. The Hall–Kier alpha value is -2.45. The standard InChI is InChI=1S/C24H27ClN4O3S/c1-23(2,3)22-27-20-15(30)10-24(11-17(20)33-22)5-7-29(8-6-24)21(31)13-9-16(32-4)18(25)14-12-26-28-19(13)14/h9,12H,5-8,10-11H2,1-4H3,(H,26,28). The van der Waals surface area contributed by atoms with Crippen LogP contribution in [0.2, 0.25) is 5.02 Å². The van der Waals surface area contributed by atoms with E-state index in [2.05, 4.69) is 36.0 Å². The molecule has 3 heterocycles. The van der Waals surface area contributed by atoms with Crippen LogP contribution in [0, 0.1) is 5.41 Å². The van der Waals surface area contributed by atoms with E-state index in [1.807, 2.05) is 4.90 Å². The largest absolute Gasteiger partial charge is 0.495 e. The Bertz CT molecular complexity index is 1260. The molecule has 33 heavy (non-hydrogen) atoms. The second kappa shape index (κ2) is 7.81. The number of amides is 1. The van der Waals surface area contributed by atoms with Gasteiger partial charge < -0.3 is 9.64 Å². The van der Waals surface area contributed by atoms with Crippen LogP contribution in [0.4, 0.5) is 0 Å². The lowest BCUT2D eigenvalue weighted by Gasteiger charge is -2.43. The van der Waals surface area contributed by atoms with Gasteiger partial charge in [-0.3, -0.25) is 14.7 Å². The molecule has 0 saturated carbocycles. The molecule has 0 bridgehead atoms. The lowest BCUT2D eigenvalue weighted by atomic mass is 9.68. The third-order valence-corrected chi connectivity index (χ3v) is 8.74. The first-order valence-electron chi connectivity index (χ1n) is 11.1. The normalized spacial score (nSPS) is 18.1. The minimum atomic E-state index is -0.0937. The van der Waals surface area contributed by atoms with Gasteiger partial charge >= 0.3 is 0 Å². The second-order valence-electron chi connectivity index (χ2n) is 10.2. The van der Waals surface area contributed by atoms with Crippen molar-refractivity contribution in [2.45, 2.75) is 51.9 Å². The van der Waals surface area contributed by atoms with Gasteiger partial charge in [0.05, 0.1) is 34.4 Å². The van der Waals surface area contributed by atoms with Gasteiger partial charge in [-0.25, -0.2) is 4.98 Å². The molecule has 0 unspecified atom stereocenters. The maximum Gasteiger partial charge on any atom is 0.256 e. The quantitative estimate of drug-likeness (QED) is 0.548. The average molecular weight is 487 g/mol. The Morgan fingerprint density at radius 1 is 1.27 bits per heavy atom. The van der Waals surface area contributed by atoms with Gasteiger partial charge in [0.25, 0.3) is 5.91 Å². The lowest BCUT2D eigenvalue weighted by molar-refractivity contribution is 0.0523. The van der Waals surface area contributed by atoms with E-state index in [1.165, 1.54) is 7.11 Å². The van der Waals surface area contributed by atoms with Crippen LogP contribution in [0.5, 0.6) is 5.75 Å². The number of halogens is 1. The molecule has 1 aliphatic heterocycles. The van der Waals surface area contributed by atoms with Crippen molar-refractivity contribution < 1.29 is 14.3 Å². The van der Waals surface area contributed by atoms with Crippen molar-refractivity contribution in [2.24, 2.45) is 5.41 Å². The summed E-state index contributed by atoms with van der Waals surface area (Å²) in [5, 5.41) is 9.09. The molecule has 9 heteroatoms. The van der Waals surface area contributed by atoms with E-state index in [4.69, 9.17) is 16.3 Å². The molecule has 1 amide bonds. The van der Waals surface area contributed by atoms with Gasteiger partial charge in [-0.2, -0.15) is 5.10 Å². The van der Waals surface area contributed by atoms with Gasteiger partial charge in [0.1, 0.15) is 11.4 Å². The number of H-pyrrole nitrogens is 1. The number of hydrogen-bond donors (Lipinski definition) is 1. The highest BCUT2D eigenvalue weighted by molar-refractivity contribution is 7.12. The summed E-state index contributed by atoms with van der Waals surface area (Å²) in [6.45, 7) is 7.60. The molecule has 1 fully saturated rings. The fourth-order valence-electron chi connectivity index (χ4n) is 4.92. The first-order valence-corrected chi connectivity index (χ1v) is 12.3. The number of aromatic nitrogens is 3. The number of ether oxygens (including phenoxy) is 1. The number of likely N-dealkylation sites (tertiary alicyclic amines) is 1. The number of nitrogens with one attached hydrogen (secondary N) is 1. The van der Waals surface area contributed by atoms with E-state index < -0.39 is 0 Å². The summed E-state index contributed by atoms with van der Waals surface area (Å²) in [6, 6.07) is 1.68. The van der Waals surface area contributed by atoms with Crippen LogP contribution in [0.25, 0.3) is 10.9 Å². The van der Waals surface area contributed by atoms with Crippen LogP contribution < -0.4 is 4.74 Å². The van der Waals surface area contributed by atoms with E-state index in [0.717, 1.165) is 29.1 Å². The third-order valence-electron chi connectivity index (χ3n) is 6.87. The Labute approximate surface area is 201 Å². The molecule has 3 aromatic rings. The molecule has 2 aromatic heterocycles. The second-order valence-corrected chi connectivity index (χ2v) is 11.7. The number of thiazole rings is 1. The van der Waals surface area contributed by atoms with Gasteiger partial charge in [-0.15, -0.1) is 11.3 Å². The molecule has 1 N–H and O–H groups in total. The SMILES string of the molecule is COc1cc(C(=O)N2CCC3(CC2)CC(=O)c2nc(C(C)(C)C)sc2C3)c2[nH]ncc2c1Cl. The Kier molecular flexibility index (Phi) is 5.29. The number of methoxy groups -OCH3 is 1. The molecule has 0 radical (unpaired) electrons. The van der Waals surface area contributed by atoms with Crippen molar-refractivity contribution in [3.8, 4) is 5.75 Å². The summed E-state index contributed by atoms with van der Waals surface area (Å²) < 4.78 is 5.37. The highest BCUT2D eigenvalue weighted by Gasteiger charge is 2.44. The zero-order valence-corrected chi connectivity index (χ0v) is 20.8. The average Bonchev–Trinajstić information content (AvgIpc) is 3.42. The molecule has 1 spiro atoms. The molecule has 0 atom stereocenters.